The summed E-state index contributed by atoms with van der Waals surface area (Å²) in [5.41, 5.74) is 1.40. The Morgan fingerprint density at radius 1 is 1.05 bits per heavy atom. The zero-order valence-electron chi connectivity index (χ0n) is 14.8. The van der Waals surface area contributed by atoms with Crippen molar-refractivity contribution in [3.63, 3.8) is 0 Å². The van der Waals surface area contributed by atoms with Crippen LogP contribution in [0.15, 0.2) is 30.3 Å². The highest BCUT2D eigenvalue weighted by molar-refractivity contribution is 5.20. The number of hydrogen-bond acceptors (Lipinski definition) is 2. The normalized spacial score (nSPS) is 16.2. The molecule has 1 aromatic carbocycles. The fourth-order valence-electron chi connectivity index (χ4n) is 2.97. The number of benzene rings is 1. The minimum absolute atomic E-state index is 0.405. The van der Waals surface area contributed by atoms with E-state index in [9.17, 15) is 0 Å². The summed E-state index contributed by atoms with van der Waals surface area (Å²) in [6.07, 6.45) is 2.33. The number of rotatable bonds is 9. The number of likely N-dealkylation sites (N-methyl/N-ethyl adjacent to an activating group) is 1. The van der Waals surface area contributed by atoms with E-state index >= 15 is 0 Å². The zero-order valence-corrected chi connectivity index (χ0v) is 14.8. The third-order valence-electron chi connectivity index (χ3n) is 4.71. The number of nitrogens with zero attached hydrogens (tertiary/aromatic N) is 1. The van der Waals surface area contributed by atoms with Crippen LogP contribution in [0.5, 0.6) is 0 Å². The number of nitrogens with one attached hydrogen (secondary N) is 1. The second-order valence-electron chi connectivity index (χ2n) is 6.47. The molecule has 0 spiro atoms. The van der Waals surface area contributed by atoms with Gasteiger partial charge >= 0.3 is 0 Å². The summed E-state index contributed by atoms with van der Waals surface area (Å²) in [5, 5.41) is 3.77. The first kappa shape index (κ1) is 18.2. The maximum atomic E-state index is 3.77. The maximum absolute atomic E-state index is 3.77. The molecule has 1 aromatic rings. The highest BCUT2D eigenvalue weighted by Crippen LogP contribution is 2.26. The molecule has 0 aliphatic carbocycles. The first-order valence-corrected chi connectivity index (χ1v) is 8.53. The molecule has 2 nitrogen and oxygen atoms in total. The first-order chi connectivity index (χ1) is 10.0. The Bertz CT molecular complexity index is 374. The summed E-state index contributed by atoms with van der Waals surface area (Å²) in [6, 6.07) is 12.4. The highest BCUT2D eigenvalue weighted by atomic mass is 15.2. The molecule has 0 bridgehead atoms. The van der Waals surface area contributed by atoms with Gasteiger partial charge in [0.05, 0.1) is 0 Å². The minimum Gasteiger partial charge on any atom is -0.309 e. The van der Waals surface area contributed by atoms with Crippen molar-refractivity contribution in [2.24, 2.45) is 5.92 Å². The SMILES string of the molecule is CCCNC(c1ccccc1)C(CC)N(C)C(C)C(C)C. The largest absolute Gasteiger partial charge is 0.309 e. The molecule has 0 aliphatic rings. The Labute approximate surface area is 131 Å². The third-order valence-corrected chi connectivity index (χ3v) is 4.71. The zero-order chi connectivity index (χ0) is 15.8. The lowest BCUT2D eigenvalue weighted by molar-refractivity contribution is 0.114. The van der Waals surface area contributed by atoms with Crippen molar-refractivity contribution >= 4 is 0 Å². The van der Waals surface area contributed by atoms with E-state index in [1.807, 2.05) is 0 Å². The molecule has 3 unspecified atom stereocenters. The third kappa shape index (κ3) is 5.12. The van der Waals surface area contributed by atoms with Crippen LogP contribution in [0.3, 0.4) is 0 Å². The average Bonchev–Trinajstić information content (AvgIpc) is 2.50. The summed E-state index contributed by atoms with van der Waals surface area (Å²) >= 11 is 0. The summed E-state index contributed by atoms with van der Waals surface area (Å²) in [4.78, 5) is 2.56. The van der Waals surface area contributed by atoms with Gasteiger partial charge in [-0.25, -0.2) is 0 Å². The Hall–Kier alpha value is -0.860. The van der Waals surface area contributed by atoms with Gasteiger partial charge < -0.3 is 5.32 Å². The predicted octanol–water partition coefficient (Wildman–Crippen LogP) is 4.48. The average molecular weight is 290 g/mol. The van der Waals surface area contributed by atoms with Gasteiger partial charge in [-0.1, -0.05) is 58.0 Å². The molecule has 0 fully saturated rings. The Balaban J connectivity index is 2.98. The Morgan fingerprint density at radius 2 is 1.67 bits per heavy atom. The lowest BCUT2D eigenvalue weighted by atomic mass is 9.93. The van der Waals surface area contributed by atoms with Crippen LogP contribution in [-0.2, 0) is 0 Å². The van der Waals surface area contributed by atoms with Crippen molar-refractivity contribution in [2.75, 3.05) is 13.6 Å². The van der Waals surface area contributed by atoms with Gasteiger partial charge in [0.25, 0.3) is 0 Å². The molecule has 0 heterocycles. The fourth-order valence-corrected chi connectivity index (χ4v) is 2.97. The lowest BCUT2D eigenvalue weighted by Gasteiger charge is -2.40. The molecule has 120 valence electrons. The molecule has 0 aromatic heterocycles. The van der Waals surface area contributed by atoms with Crippen molar-refractivity contribution in [1.29, 1.82) is 0 Å². The van der Waals surface area contributed by atoms with Crippen molar-refractivity contribution in [2.45, 2.75) is 65.6 Å². The summed E-state index contributed by atoms with van der Waals surface area (Å²) < 4.78 is 0. The van der Waals surface area contributed by atoms with E-state index in [1.54, 1.807) is 0 Å². The Morgan fingerprint density at radius 3 is 2.14 bits per heavy atom. The van der Waals surface area contributed by atoms with E-state index in [0.717, 1.165) is 13.0 Å². The standard InChI is InChI=1S/C19H34N2/c1-7-14-20-19(17-12-10-9-11-13-17)18(8-2)21(6)16(5)15(3)4/h9-13,15-16,18-20H,7-8,14H2,1-6H3. The molecule has 3 atom stereocenters. The van der Waals surface area contributed by atoms with Crippen molar-refractivity contribution in [3.8, 4) is 0 Å². The monoisotopic (exact) mass is 290 g/mol. The molecular weight excluding hydrogens is 256 g/mol. The van der Waals surface area contributed by atoms with Gasteiger partial charge in [0, 0.05) is 18.1 Å². The molecule has 21 heavy (non-hydrogen) atoms. The van der Waals surface area contributed by atoms with Gasteiger partial charge in [0.2, 0.25) is 0 Å². The molecule has 1 N–H and O–H groups in total. The fraction of sp³-hybridized carbons (Fsp3) is 0.684. The van der Waals surface area contributed by atoms with Gasteiger partial charge in [-0.15, -0.1) is 0 Å². The van der Waals surface area contributed by atoms with Crippen LogP contribution in [0.1, 0.15) is 59.1 Å². The van der Waals surface area contributed by atoms with Gasteiger partial charge in [-0.3, -0.25) is 4.90 Å². The van der Waals surface area contributed by atoms with Crippen LogP contribution >= 0.6 is 0 Å². The van der Waals surface area contributed by atoms with E-state index in [1.165, 1.54) is 12.0 Å². The van der Waals surface area contributed by atoms with E-state index in [2.05, 4.69) is 82.2 Å². The van der Waals surface area contributed by atoms with Gasteiger partial charge in [0.15, 0.2) is 0 Å². The van der Waals surface area contributed by atoms with Crippen LogP contribution in [0.25, 0.3) is 0 Å². The quantitative estimate of drug-likeness (QED) is 0.721. The van der Waals surface area contributed by atoms with Crippen LogP contribution in [0.2, 0.25) is 0 Å². The van der Waals surface area contributed by atoms with Crippen molar-refractivity contribution < 1.29 is 0 Å². The van der Waals surface area contributed by atoms with Gasteiger partial charge in [0.1, 0.15) is 0 Å². The van der Waals surface area contributed by atoms with E-state index in [4.69, 9.17) is 0 Å². The van der Waals surface area contributed by atoms with Crippen LogP contribution in [-0.4, -0.2) is 30.6 Å². The maximum Gasteiger partial charge on any atom is 0.0478 e. The van der Waals surface area contributed by atoms with Crippen molar-refractivity contribution in [1.82, 2.24) is 10.2 Å². The van der Waals surface area contributed by atoms with E-state index < -0.39 is 0 Å². The van der Waals surface area contributed by atoms with Gasteiger partial charge in [-0.05, 0) is 44.8 Å². The lowest BCUT2D eigenvalue weighted by Crippen LogP contribution is -2.48. The van der Waals surface area contributed by atoms with E-state index in [0.29, 0.717) is 24.0 Å². The first-order valence-electron chi connectivity index (χ1n) is 8.53. The second kappa shape index (κ2) is 9.22. The smallest absolute Gasteiger partial charge is 0.0478 e. The molecule has 2 heteroatoms. The van der Waals surface area contributed by atoms with E-state index in [-0.39, 0.29) is 0 Å². The van der Waals surface area contributed by atoms with Crippen LogP contribution < -0.4 is 5.32 Å². The second-order valence-corrected chi connectivity index (χ2v) is 6.47. The van der Waals surface area contributed by atoms with Crippen LogP contribution in [0.4, 0.5) is 0 Å². The van der Waals surface area contributed by atoms with Crippen LogP contribution in [0, 0.1) is 5.92 Å². The summed E-state index contributed by atoms with van der Waals surface area (Å²) in [5.74, 6) is 0.673. The molecule has 0 aliphatic heterocycles. The summed E-state index contributed by atoms with van der Waals surface area (Å²) in [7, 11) is 2.28. The molecular formula is C19H34N2. The predicted molar refractivity (Wildman–Crippen MR) is 93.6 cm³/mol. The molecule has 0 saturated heterocycles. The minimum atomic E-state index is 0.405. The van der Waals surface area contributed by atoms with Gasteiger partial charge in [-0.2, -0.15) is 0 Å². The molecule has 0 radical (unpaired) electrons. The molecule has 0 amide bonds. The van der Waals surface area contributed by atoms with Crippen molar-refractivity contribution in [3.05, 3.63) is 35.9 Å². The number of hydrogen-bond donors (Lipinski definition) is 1. The molecule has 1 rings (SSSR count). The topological polar surface area (TPSA) is 15.3 Å². The summed E-state index contributed by atoms with van der Waals surface area (Å²) in [6.45, 7) is 12.6. The Kier molecular flexibility index (Phi) is 7.98. The highest BCUT2D eigenvalue weighted by Gasteiger charge is 2.28. The molecule has 0 saturated carbocycles.